The molecule has 1 aromatic rings. The largest absolute Gasteiger partial charge is 0.493 e. The molecule has 1 rings (SSSR count). The average molecular weight is 324 g/mol. The maximum absolute atomic E-state index is 10.8. The van der Waals surface area contributed by atoms with E-state index in [0.717, 1.165) is 31.6 Å². The molecule has 0 bridgehead atoms. The minimum absolute atomic E-state index is 0.0894. The highest BCUT2D eigenvalue weighted by molar-refractivity contribution is 5.64. The van der Waals surface area contributed by atoms with E-state index < -0.39 is 6.09 Å². The van der Waals surface area contributed by atoms with Crippen molar-refractivity contribution < 1.29 is 19.4 Å². The van der Waals surface area contributed by atoms with Crippen molar-refractivity contribution in [2.75, 3.05) is 40.4 Å². The van der Waals surface area contributed by atoms with E-state index >= 15 is 0 Å². The van der Waals surface area contributed by atoms with Gasteiger partial charge in [-0.1, -0.05) is 19.9 Å². The summed E-state index contributed by atoms with van der Waals surface area (Å²) in [4.78, 5) is 13.2. The molecule has 1 aromatic carbocycles. The van der Waals surface area contributed by atoms with E-state index in [1.807, 2.05) is 18.2 Å². The second kappa shape index (κ2) is 9.94. The lowest BCUT2D eigenvalue weighted by molar-refractivity contribution is 0.193. The molecule has 1 amide bonds. The van der Waals surface area contributed by atoms with E-state index in [0.29, 0.717) is 18.0 Å². The molecule has 0 saturated carbocycles. The molecule has 0 saturated heterocycles. The summed E-state index contributed by atoms with van der Waals surface area (Å²) in [5, 5.41) is 11.4. The van der Waals surface area contributed by atoms with Crippen LogP contribution in [0, 0.1) is 0 Å². The van der Waals surface area contributed by atoms with Gasteiger partial charge in [-0.3, -0.25) is 0 Å². The Hall–Kier alpha value is -1.95. The summed E-state index contributed by atoms with van der Waals surface area (Å²) in [6, 6.07) is 5.76. The number of benzene rings is 1. The van der Waals surface area contributed by atoms with E-state index in [1.165, 1.54) is 0 Å². The molecule has 23 heavy (non-hydrogen) atoms. The molecule has 0 aromatic heterocycles. The van der Waals surface area contributed by atoms with Gasteiger partial charge < -0.3 is 24.8 Å². The number of carbonyl (C=O) groups is 1. The van der Waals surface area contributed by atoms with Crippen LogP contribution in [0.15, 0.2) is 18.2 Å². The molecular formula is C17H28N2O4. The maximum atomic E-state index is 10.8. The number of methoxy groups -OCH3 is 2. The third-order valence-electron chi connectivity index (χ3n) is 4.07. The number of amides is 1. The van der Waals surface area contributed by atoms with Gasteiger partial charge in [0, 0.05) is 12.5 Å². The van der Waals surface area contributed by atoms with Crippen molar-refractivity contribution in [1.82, 2.24) is 10.2 Å². The molecule has 0 fully saturated rings. The van der Waals surface area contributed by atoms with E-state index in [1.54, 1.807) is 14.2 Å². The SMILES string of the molecule is CCN(CC)CCC(CNC(=O)O)c1ccc(OC)c(OC)c1. The third-order valence-corrected chi connectivity index (χ3v) is 4.07. The van der Waals surface area contributed by atoms with Crippen LogP contribution in [-0.4, -0.2) is 56.5 Å². The van der Waals surface area contributed by atoms with E-state index in [4.69, 9.17) is 14.6 Å². The number of rotatable bonds is 10. The van der Waals surface area contributed by atoms with Gasteiger partial charge in [0.1, 0.15) is 0 Å². The lowest BCUT2D eigenvalue weighted by atomic mass is 9.94. The van der Waals surface area contributed by atoms with Gasteiger partial charge in [-0.25, -0.2) is 4.79 Å². The second-order valence-electron chi connectivity index (χ2n) is 5.31. The molecule has 2 N–H and O–H groups in total. The molecule has 6 nitrogen and oxygen atoms in total. The van der Waals surface area contributed by atoms with Crippen LogP contribution in [-0.2, 0) is 0 Å². The first kappa shape index (κ1) is 19.1. The first-order chi connectivity index (χ1) is 11.0. The summed E-state index contributed by atoms with van der Waals surface area (Å²) in [7, 11) is 3.20. The standard InChI is InChI=1S/C17H28N2O4/c1-5-19(6-2)10-9-14(12-18-17(20)21)13-7-8-15(22-3)16(11-13)23-4/h7-8,11,14,18H,5-6,9-10,12H2,1-4H3,(H,20,21). The average Bonchev–Trinajstić information content (AvgIpc) is 2.57. The number of carboxylic acid groups (broad SMARTS) is 1. The Bertz CT molecular complexity index is 489. The summed E-state index contributed by atoms with van der Waals surface area (Å²) in [6.45, 7) is 7.54. The van der Waals surface area contributed by atoms with E-state index in [2.05, 4.69) is 24.1 Å². The summed E-state index contributed by atoms with van der Waals surface area (Å²) in [5.74, 6) is 1.42. The quantitative estimate of drug-likeness (QED) is 0.692. The number of nitrogens with zero attached hydrogens (tertiary/aromatic N) is 1. The fraction of sp³-hybridized carbons (Fsp3) is 0.588. The summed E-state index contributed by atoms with van der Waals surface area (Å²) >= 11 is 0. The fourth-order valence-corrected chi connectivity index (χ4v) is 2.58. The van der Waals surface area contributed by atoms with Crippen LogP contribution < -0.4 is 14.8 Å². The highest BCUT2D eigenvalue weighted by Gasteiger charge is 2.16. The lowest BCUT2D eigenvalue weighted by Crippen LogP contribution is -2.30. The molecule has 0 aliphatic heterocycles. The molecule has 1 atom stereocenters. The Balaban J connectivity index is 2.91. The van der Waals surface area contributed by atoms with E-state index in [9.17, 15) is 4.79 Å². The number of ether oxygens (including phenoxy) is 2. The zero-order chi connectivity index (χ0) is 17.2. The highest BCUT2D eigenvalue weighted by Crippen LogP contribution is 2.31. The highest BCUT2D eigenvalue weighted by atomic mass is 16.5. The number of nitrogens with one attached hydrogen (secondary N) is 1. The van der Waals surface area contributed by atoms with Crippen molar-refractivity contribution in [3.63, 3.8) is 0 Å². The van der Waals surface area contributed by atoms with Crippen LogP contribution in [0.25, 0.3) is 0 Å². The normalized spacial score (nSPS) is 12.0. The Kier molecular flexibility index (Phi) is 8.26. The summed E-state index contributed by atoms with van der Waals surface area (Å²) in [6.07, 6.45) is -0.129. The zero-order valence-electron chi connectivity index (χ0n) is 14.5. The monoisotopic (exact) mass is 324 g/mol. The number of hydrogen-bond donors (Lipinski definition) is 2. The van der Waals surface area contributed by atoms with Crippen molar-refractivity contribution in [1.29, 1.82) is 0 Å². The third kappa shape index (κ3) is 5.98. The lowest BCUT2D eigenvalue weighted by Gasteiger charge is -2.23. The minimum atomic E-state index is -1.00. The van der Waals surface area contributed by atoms with Gasteiger partial charge in [0.2, 0.25) is 0 Å². The Morgan fingerprint density at radius 1 is 1.22 bits per heavy atom. The van der Waals surface area contributed by atoms with Gasteiger partial charge in [-0.05, 0) is 43.8 Å². The predicted molar refractivity (Wildman–Crippen MR) is 90.7 cm³/mol. The first-order valence-electron chi connectivity index (χ1n) is 7.96. The first-order valence-corrected chi connectivity index (χ1v) is 7.96. The molecule has 0 spiro atoms. The Morgan fingerprint density at radius 3 is 2.39 bits per heavy atom. The maximum Gasteiger partial charge on any atom is 0.404 e. The summed E-state index contributed by atoms with van der Waals surface area (Å²) in [5.41, 5.74) is 1.04. The van der Waals surface area contributed by atoms with Crippen LogP contribution >= 0.6 is 0 Å². The molecule has 0 radical (unpaired) electrons. The predicted octanol–water partition coefficient (Wildman–Crippen LogP) is 2.79. The van der Waals surface area contributed by atoms with Crippen LogP contribution in [0.3, 0.4) is 0 Å². The summed E-state index contributed by atoms with van der Waals surface area (Å²) < 4.78 is 10.6. The fourth-order valence-electron chi connectivity index (χ4n) is 2.58. The van der Waals surface area contributed by atoms with Gasteiger partial charge >= 0.3 is 6.09 Å². The Labute approximate surface area is 138 Å². The Morgan fingerprint density at radius 2 is 1.87 bits per heavy atom. The van der Waals surface area contributed by atoms with Crippen molar-refractivity contribution in [2.45, 2.75) is 26.2 Å². The molecule has 1 unspecified atom stereocenters. The van der Waals surface area contributed by atoms with Crippen molar-refractivity contribution >= 4 is 6.09 Å². The van der Waals surface area contributed by atoms with Gasteiger partial charge in [-0.2, -0.15) is 0 Å². The van der Waals surface area contributed by atoms with Gasteiger partial charge in [0.05, 0.1) is 14.2 Å². The molecule has 0 aliphatic rings. The van der Waals surface area contributed by atoms with Gasteiger partial charge in [-0.15, -0.1) is 0 Å². The van der Waals surface area contributed by atoms with Crippen molar-refractivity contribution in [3.8, 4) is 11.5 Å². The molecular weight excluding hydrogens is 296 g/mol. The van der Waals surface area contributed by atoms with Gasteiger partial charge in [0.15, 0.2) is 11.5 Å². The van der Waals surface area contributed by atoms with E-state index in [-0.39, 0.29) is 5.92 Å². The molecule has 0 heterocycles. The van der Waals surface area contributed by atoms with Crippen molar-refractivity contribution in [2.24, 2.45) is 0 Å². The minimum Gasteiger partial charge on any atom is -0.493 e. The molecule has 0 aliphatic carbocycles. The van der Waals surface area contributed by atoms with Gasteiger partial charge in [0.25, 0.3) is 0 Å². The van der Waals surface area contributed by atoms with Crippen LogP contribution in [0.4, 0.5) is 4.79 Å². The number of hydrogen-bond acceptors (Lipinski definition) is 4. The molecule has 6 heteroatoms. The van der Waals surface area contributed by atoms with Crippen LogP contribution in [0.2, 0.25) is 0 Å². The topological polar surface area (TPSA) is 71.0 Å². The zero-order valence-corrected chi connectivity index (χ0v) is 14.5. The molecule has 130 valence electrons. The second-order valence-corrected chi connectivity index (χ2v) is 5.31. The van der Waals surface area contributed by atoms with Crippen LogP contribution in [0.5, 0.6) is 11.5 Å². The van der Waals surface area contributed by atoms with Crippen LogP contribution in [0.1, 0.15) is 31.7 Å². The smallest absolute Gasteiger partial charge is 0.404 e. The van der Waals surface area contributed by atoms with Crippen molar-refractivity contribution in [3.05, 3.63) is 23.8 Å².